The summed E-state index contributed by atoms with van der Waals surface area (Å²) in [4.78, 5) is 47.8. The highest BCUT2D eigenvalue weighted by atomic mass is 31.3. The standard InChI is InChI=1S/C12H17FN3O14P3/c1-7-15-8(17)2-3-16(7)12(5-14)10(19)9(18)11(4-13,28-12)6-27-32(23,24)30-33(25,26)29-31(20,21)22/h2-3,9-10,18-19H,1,4,6H2,(H,15,17)(H,23,24)(H,25,26)(H2,20,21,22)/t9-,10+,11+,12+/m0/s1. The number of nitrogens with zero attached hydrogens (tertiary/aromatic N) is 2. The fourth-order valence-electron chi connectivity index (χ4n) is 2.81. The van der Waals surface area contributed by atoms with Gasteiger partial charge in [-0.25, -0.2) is 18.1 Å². The number of aliphatic hydroxyl groups excluding tert-OH is 2. The van der Waals surface area contributed by atoms with E-state index in [9.17, 15) is 43.2 Å². The monoisotopic (exact) mass is 539 g/mol. The van der Waals surface area contributed by atoms with E-state index in [4.69, 9.17) is 19.4 Å². The SMILES string of the molecule is C=C1NC(=O)C=CN1[C@]1(C#N)O[C@](CF)(COP(=O)(O)OP(=O)(O)OP(=O)(O)O)[C@@H](O)[C@H]1O. The molecular weight excluding hydrogens is 522 g/mol. The maximum atomic E-state index is 14.0. The van der Waals surface area contributed by atoms with E-state index in [1.165, 1.54) is 6.07 Å². The van der Waals surface area contributed by atoms with Crippen molar-refractivity contribution in [1.82, 2.24) is 10.2 Å². The zero-order valence-corrected chi connectivity index (χ0v) is 18.7. The lowest BCUT2D eigenvalue weighted by Crippen LogP contribution is -2.56. The van der Waals surface area contributed by atoms with Crippen LogP contribution in [0.5, 0.6) is 0 Å². The van der Waals surface area contributed by atoms with Crippen LogP contribution in [0.3, 0.4) is 0 Å². The van der Waals surface area contributed by atoms with Crippen LogP contribution in [0.15, 0.2) is 24.7 Å². The number of aliphatic hydroxyl groups is 2. The Kier molecular flexibility index (Phi) is 7.77. The van der Waals surface area contributed by atoms with E-state index < -0.39 is 66.2 Å². The second-order valence-electron chi connectivity index (χ2n) is 6.48. The van der Waals surface area contributed by atoms with Crippen molar-refractivity contribution >= 4 is 29.4 Å². The van der Waals surface area contributed by atoms with Crippen molar-refractivity contribution in [2.75, 3.05) is 13.3 Å². The fraction of sp³-hybridized carbons (Fsp3) is 0.500. The third kappa shape index (κ3) is 5.94. The van der Waals surface area contributed by atoms with Crippen molar-refractivity contribution < 1.29 is 70.5 Å². The number of hydrogen-bond donors (Lipinski definition) is 7. The van der Waals surface area contributed by atoms with E-state index in [0.717, 1.165) is 17.2 Å². The first kappa shape index (κ1) is 27.7. The molecule has 2 aliphatic heterocycles. The molecule has 0 aromatic rings. The molecule has 2 unspecified atom stereocenters. The van der Waals surface area contributed by atoms with Crippen molar-refractivity contribution in [2.45, 2.75) is 23.5 Å². The van der Waals surface area contributed by atoms with Gasteiger partial charge in [-0.05, 0) is 0 Å². The average molecular weight is 539 g/mol. The van der Waals surface area contributed by atoms with Gasteiger partial charge < -0.3 is 39.8 Å². The van der Waals surface area contributed by atoms with Gasteiger partial charge in [0.05, 0.1) is 6.61 Å². The summed E-state index contributed by atoms with van der Waals surface area (Å²) in [6.45, 7) is 0.139. The molecule has 0 radical (unpaired) electrons. The lowest BCUT2D eigenvalue weighted by Gasteiger charge is -2.39. The molecule has 2 aliphatic rings. The number of ether oxygens (including phenoxy) is 1. The van der Waals surface area contributed by atoms with Crippen molar-refractivity contribution in [3.05, 3.63) is 24.7 Å². The Morgan fingerprint density at radius 1 is 1.21 bits per heavy atom. The first-order valence-corrected chi connectivity index (χ1v) is 12.7. The Hall–Kier alpha value is -1.54. The van der Waals surface area contributed by atoms with Gasteiger partial charge in [-0.1, -0.05) is 6.58 Å². The summed E-state index contributed by atoms with van der Waals surface area (Å²) in [7, 11) is -17.3. The lowest BCUT2D eigenvalue weighted by atomic mass is 9.94. The van der Waals surface area contributed by atoms with E-state index >= 15 is 0 Å². The Balaban J connectivity index is 2.29. The minimum Gasteiger partial charge on any atom is -0.387 e. The van der Waals surface area contributed by atoms with Crippen LogP contribution in [0.4, 0.5) is 4.39 Å². The number of phosphoric ester groups is 1. The molecule has 2 heterocycles. The van der Waals surface area contributed by atoms with Crippen LogP contribution < -0.4 is 5.32 Å². The minimum atomic E-state index is -5.89. The van der Waals surface area contributed by atoms with Crippen LogP contribution in [-0.4, -0.2) is 77.4 Å². The molecule has 0 aromatic carbocycles. The Bertz CT molecular complexity index is 1040. The summed E-state index contributed by atoms with van der Waals surface area (Å²) in [6.07, 6.45) is -2.82. The first-order valence-electron chi connectivity index (χ1n) is 8.22. The number of alkyl halides is 1. The zero-order chi connectivity index (χ0) is 25.5. The summed E-state index contributed by atoms with van der Waals surface area (Å²) in [6, 6.07) is 1.48. The number of hydrogen-bond acceptors (Lipinski definition) is 12. The number of amides is 1. The molecule has 33 heavy (non-hydrogen) atoms. The Morgan fingerprint density at radius 2 is 1.82 bits per heavy atom. The molecule has 0 bridgehead atoms. The van der Waals surface area contributed by atoms with Gasteiger partial charge in [0.2, 0.25) is 0 Å². The van der Waals surface area contributed by atoms with Crippen LogP contribution in [-0.2, 0) is 36.4 Å². The van der Waals surface area contributed by atoms with Gasteiger partial charge in [0.25, 0.3) is 11.6 Å². The smallest absolute Gasteiger partial charge is 0.387 e. The first-order chi connectivity index (χ1) is 14.9. The normalized spacial score (nSPS) is 33.8. The predicted octanol–water partition coefficient (Wildman–Crippen LogP) is -1.57. The molecule has 2 rings (SSSR count). The lowest BCUT2D eigenvalue weighted by molar-refractivity contribution is -0.174. The average Bonchev–Trinajstić information content (AvgIpc) is 2.86. The Labute approximate surface area is 183 Å². The second kappa shape index (κ2) is 9.25. The Morgan fingerprint density at radius 3 is 2.30 bits per heavy atom. The number of nitrogens with one attached hydrogen (secondary N) is 1. The quantitative estimate of drug-likeness (QED) is 0.163. The van der Waals surface area contributed by atoms with Gasteiger partial charge >= 0.3 is 23.5 Å². The number of rotatable bonds is 9. The van der Waals surface area contributed by atoms with E-state index in [1.54, 1.807) is 0 Å². The predicted molar refractivity (Wildman–Crippen MR) is 98.2 cm³/mol. The molecule has 1 amide bonds. The van der Waals surface area contributed by atoms with Gasteiger partial charge in [0.15, 0.2) is 5.60 Å². The van der Waals surface area contributed by atoms with Crippen LogP contribution >= 0.6 is 23.5 Å². The highest BCUT2D eigenvalue weighted by Gasteiger charge is 2.66. The van der Waals surface area contributed by atoms with Crippen LogP contribution in [0, 0.1) is 11.3 Å². The number of nitriles is 1. The van der Waals surface area contributed by atoms with Crippen LogP contribution in [0.2, 0.25) is 0 Å². The number of phosphoric acid groups is 3. The third-order valence-corrected chi connectivity index (χ3v) is 7.95. The third-order valence-electron chi connectivity index (χ3n) is 4.16. The van der Waals surface area contributed by atoms with Gasteiger partial charge in [0, 0.05) is 12.3 Å². The molecular formula is C12H17FN3O14P3. The topological polar surface area (TPSA) is 266 Å². The molecule has 21 heteroatoms. The highest BCUT2D eigenvalue weighted by Crippen LogP contribution is 2.66. The molecule has 186 valence electrons. The van der Waals surface area contributed by atoms with E-state index in [2.05, 4.69) is 25.0 Å². The molecule has 1 saturated heterocycles. The van der Waals surface area contributed by atoms with Gasteiger partial charge in [-0.2, -0.15) is 13.9 Å². The molecule has 0 aromatic heterocycles. The second-order valence-corrected chi connectivity index (χ2v) is 10.9. The molecule has 6 atom stereocenters. The highest BCUT2D eigenvalue weighted by molar-refractivity contribution is 7.66. The van der Waals surface area contributed by atoms with Crippen molar-refractivity contribution in [1.29, 1.82) is 5.26 Å². The molecule has 0 aliphatic carbocycles. The maximum absolute atomic E-state index is 14.0. The van der Waals surface area contributed by atoms with E-state index in [0.29, 0.717) is 0 Å². The van der Waals surface area contributed by atoms with E-state index in [1.807, 2.05) is 0 Å². The summed E-state index contributed by atoms with van der Waals surface area (Å²) in [5.74, 6) is -1.01. The van der Waals surface area contributed by atoms with Crippen LogP contribution in [0.1, 0.15) is 0 Å². The van der Waals surface area contributed by atoms with Crippen LogP contribution in [0.25, 0.3) is 0 Å². The van der Waals surface area contributed by atoms with Crippen molar-refractivity contribution in [3.63, 3.8) is 0 Å². The molecule has 7 N–H and O–H groups in total. The fourth-order valence-corrected chi connectivity index (χ4v) is 5.88. The summed E-state index contributed by atoms with van der Waals surface area (Å²) < 4.78 is 64.4. The van der Waals surface area contributed by atoms with Crippen molar-refractivity contribution in [2.24, 2.45) is 0 Å². The van der Waals surface area contributed by atoms with Gasteiger partial charge in [0.1, 0.15) is 30.8 Å². The summed E-state index contributed by atoms with van der Waals surface area (Å²) in [5, 5.41) is 32.6. The minimum absolute atomic E-state index is 0.335. The number of carbonyl (C=O) groups is 1. The largest absolute Gasteiger partial charge is 0.490 e. The number of carbonyl (C=O) groups excluding carboxylic acids is 1. The number of halogens is 1. The molecule has 1 fully saturated rings. The molecule has 17 nitrogen and oxygen atoms in total. The summed E-state index contributed by atoms with van der Waals surface area (Å²) in [5.41, 5.74) is -5.41. The molecule has 0 spiro atoms. The molecule has 0 saturated carbocycles. The van der Waals surface area contributed by atoms with Gasteiger partial charge in [-0.15, -0.1) is 0 Å². The van der Waals surface area contributed by atoms with Crippen molar-refractivity contribution in [3.8, 4) is 6.07 Å². The van der Waals surface area contributed by atoms with E-state index in [-0.39, 0.29) is 5.82 Å². The zero-order valence-electron chi connectivity index (χ0n) is 16.0. The summed E-state index contributed by atoms with van der Waals surface area (Å²) >= 11 is 0. The van der Waals surface area contributed by atoms with Gasteiger partial charge in [-0.3, -0.25) is 14.2 Å². The maximum Gasteiger partial charge on any atom is 0.490 e.